The maximum Gasteiger partial charge on any atom is 0.0307 e. The van der Waals surface area contributed by atoms with E-state index in [1.807, 2.05) is 0 Å². The van der Waals surface area contributed by atoms with Crippen molar-refractivity contribution in [3.63, 3.8) is 0 Å². The van der Waals surface area contributed by atoms with Crippen LogP contribution in [0.15, 0.2) is 18.2 Å². The van der Waals surface area contributed by atoms with Crippen molar-refractivity contribution >= 4 is 0 Å². The average Bonchev–Trinajstić information content (AvgIpc) is 2.44. The van der Waals surface area contributed by atoms with Gasteiger partial charge in [-0.2, -0.15) is 0 Å². The van der Waals surface area contributed by atoms with Gasteiger partial charge in [-0.1, -0.05) is 36.2 Å². The van der Waals surface area contributed by atoms with E-state index in [2.05, 4.69) is 48.8 Å². The summed E-state index contributed by atoms with van der Waals surface area (Å²) in [7, 11) is 0. The van der Waals surface area contributed by atoms with Crippen LogP contribution in [0.25, 0.3) is 0 Å². The molecule has 1 saturated heterocycles. The second-order valence-corrected chi connectivity index (χ2v) is 6.09. The van der Waals surface area contributed by atoms with Crippen molar-refractivity contribution in [1.29, 1.82) is 0 Å². The first-order chi connectivity index (χ1) is 9.58. The van der Waals surface area contributed by atoms with Gasteiger partial charge < -0.3 is 15.5 Å². The number of nitrogens with zero attached hydrogens (tertiary/aromatic N) is 2. The van der Waals surface area contributed by atoms with Crippen molar-refractivity contribution in [3.8, 4) is 0 Å². The highest BCUT2D eigenvalue weighted by molar-refractivity contribution is 5.30. The summed E-state index contributed by atoms with van der Waals surface area (Å²) >= 11 is 0. The Morgan fingerprint density at radius 3 is 2.10 bits per heavy atom. The number of likely N-dealkylation sites (N-methyl/N-ethyl adjacent to an activating group) is 1. The Morgan fingerprint density at radius 1 is 1.00 bits per heavy atom. The van der Waals surface area contributed by atoms with E-state index < -0.39 is 0 Å². The molecule has 0 amide bonds. The molecule has 0 aromatic heterocycles. The second-order valence-electron chi connectivity index (χ2n) is 6.09. The molecular formula is C17H29N3. The fourth-order valence-electron chi connectivity index (χ4n) is 3.04. The molecule has 3 heteroatoms. The Bertz CT molecular complexity index is 402. The van der Waals surface area contributed by atoms with Crippen molar-refractivity contribution in [2.24, 2.45) is 5.73 Å². The van der Waals surface area contributed by atoms with Gasteiger partial charge in [-0.3, -0.25) is 0 Å². The molecule has 1 atom stereocenters. The molecule has 1 aromatic rings. The summed E-state index contributed by atoms with van der Waals surface area (Å²) in [6.07, 6.45) is 1.05. The van der Waals surface area contributed by atoms with Crippen molar-refractivity contribution in [2.75, 3.05) is 39.3 Å². The summed E-state index contributed by atoms with van der Waals surface area (Å²) in [4.78, 5) is 5.06. The number of nitrogens with two attached hydrogens (primary N) is 1. The number of hydrogen-bond donors (Lipinski definition) is 1. The number of hydrogen-bond acceptors (Lipinski definition) is 3. The van der Waals surface area contributed by atoms with E-state index in [4.69, 9.17) is 5.73 Å². The van der Waals surface area contributed by atoms with Crippen LogP contribution >= 0.6 is 0 Å². The van der Waals surface area contributed by atoms with Crippen molar-refractivity contribution in [1.82, 2.24) is 9.80 Å². The van der Waals surface area contributed by atoms with E-state index in [1.54, 1.807) is 0 Å². The largest absolute Gasteiger partial charge is 0.324 e. The van der Waals surface area contributed by atoms with E-state index in [0.717, 1.165) is 13.0 Å². The summed E-state index contributed by atoms with van der Waals surface area (Å²) in [6.45, 7) is 13.6. The number of aryl methyl sites for hydroxylation is 2. The van der Waals surface area contributed by atoms with Gasteiger partial charge in [0.1, 0.15) is 0 Å². The van der Waals surface area contributed by atoms with Crippen LogP contribution in [0, 0.1) is 13.8 Å². The minimum absolute atomic E-state index is 0.165. The summed E-state index contributed by atoms with van der Waals surface area (Å²) < 4.78 is 0. The minimum Gasteiger partial charge on any atom is -0.324 e. The van der Waals surface area contributed by atoms with Crippen molar-refractivity contribution in [3.05, 3.63) is 34.9 Å². The van der Waals surface area contributed by atoms with E-state index in [1.165, 1.54) is 49.4 Å². The molecule has 0 spiro atoms. The molecule has 112 valence electrons. The molecule has 0 aliphatic carbocycles. The van der Waals surface area contributed by atoms with Gasteiger partial charge in [-0.25, -0.2) is 0 Å². The highest BCUT2D eigenvalue weighted by atomic mass is 15.3. The molecule has 0 radical (unpaired) electrons. The lowest BCUT2D eigenvalue weighted by Crippen LogP contribution is -2.46. The molecule has 1 aliphatic heterocycles. The number of benzene rings is 1. The zero-order valence-electron chi connectivity index (χ0n) is 13.2. The third kappa shape index (κ3) is 4.30. The van der Waals surface area contributed by atoms with E-state index >= 15 is 0 Å². The van der Waals surface area contributed by atoms with Crippen LogP contribution in [-0.2, 0) is 0 Å². The van der Waals surface area contributed by atoms with Gasteiger partial charge in [0.05, 0.1) is 0 Å². The van der Waals surface area contributed by atoms with Crippen molar-refractivity contribution < 1.29 is 0 Å². The van der Waals surface area contributed by atoms with Gasteiger partial charge >= 0.3 is 0 Å². The number of rotatable bonds is 5. The summed E-state index contributed by atoms with van der Waals surface area (Å²) in [5.74, 6) is 0. The van der Waals surface area contributed by atoms with Crippen LogP contribution in [-0.4, -0.2) is 49.1 Å². The molecule has 1 aromatic carbocycles. The van der Waals surface area contributed by atoms with Gasteiger partial charge in [0.15, 0.2) is 0 Å². The summed E-state index contributed by atoms with van der Waals surface area (Å²) in [5, 5.41) is 0. The van der Waals surface area contributed by atoms with Gasteiger partial charge in [0.2, 0.25) is 0 Å². The SMILES string of the molecule is CCN1CCN(CCC(N)c2cc(C)cc(C)c2)CC1. The van der Waals surface area contributed by atoms with Crippen LogP contribution in [0.4, 0.5) is 0 Å². The first-order valence-corrected chi connectivity index (χ1v) is 7.87. The zero-order chi connectivity index (χ0) is 14.5. The predicted octanol–water partition coefficient (Wildman–Crippen LogP) is 2.33. The topological polar surface area (TPSA) is 32.5 Å². The summed E-state index contributed by atoms with van der Waals surface area (Å²) in [5.41, 5.74) is 10.3. The molecule has 1 fully saturated rings. The van der Waals surface area contributed by atoms with E-state index in [-0.39, 0.29) is 6.04 Å². The fraction of sp³-hybridized carbons (Fsp3) is 0.647. The molecule has 2 N–H and O–H groups in total. The fourth-order valence-corrected chi connectivity index (χ4v) is 3.04. The molecule has 0 saturated carbocycles. The smallest absolute Gasteiger partial charge is 0.0307 e. The first kappa shape index (κ1) is 15.5. The van der Waals surface area contributed by atoms with Crippen LogP contribution in [0.1, 0.15) is 36.1 Å². The van der Waals surface area contributed by atoms with Gasteiger partial charge in [0.25, 0.3) is 0 Å². The zero-order valence-corrected chi connectivity index (χ0v) is 13.2. The molecule has 3 nitrogen and oxygen atoms in total. The standard InChI is InChI=1S/C17H29N3/c1-4-19-7-9-20(10-8-19)6-5-17(18)16-12-14(2)11-15(3)13-16/h11-13,17H,4-10,18H2,1-3H3. The lowest BCUT2D eigenvalue weighted by molar-refractivity contribution is 0.134. The van der Waals surface area contributed by atoms with Crippen LogP contribution in [0.2, 0.25) is 0 Å². The molecule has 1 unspecified atom stereocenters. The molecule has 1 heterocycles. The minimum atomic E-state index is 0.165. The molecule has 20 heavy (non-hydrogen) atoms. The monoisotopic (exact) mass is 275 g/mol. The maximum atomic E-state index is 6.37. The number of piperazine rings is 1. The molecule has 0 bridgehead atoms. The third-order valence-corrected chi connectivity index (χ3v) is 4.34. The van der Waals surface area contributed by atoms with E-state index in [0.29, 0.717) is 0 Å². The highest BCUT2D eigenvalue weighted by Gasteiger charge is 2.16. The highest BCUT2D eigenvalue weighted by Crippen LogP contribution is 2.18. The van der Waals surface area contributed by atoms with Crippen molar-refractivity contribution in [2.45, 2.75) is 33.2 Å². The Balaban J connectivity index is 1.81. The average molecular weight is 275 g/mol. The quantitative estimate of drug-likeness (QED) is 0.895. The molecule has 2 rings (SSSR count). The third-order valence-electron chi connectivity index (χ3n) is 4.34. The molecule has 1 aliphatic rings. The first-order valence-electron chi connectivity index (χ1n) is 7.87. The van der Waals surface area contributed by atoms with Gasteiger partial charge in [-0.05, 0) is 32.4 Å². The van der Waals surface area contributed by atoms with E-state index in [9.17, 15) is 0 Å². The Morgan fingerprint density at radius 2 is 1.55 bits per heavy atom. The molecular weight excluding hydrogens is 246 g/mol. The second kappa shape index (κ2) is 7.21. The Hall–Kier alpha value is -0.900. The summed E-state index contributed by atoms with van der Waals surface area (Å²) in [6, 6.07) is 6.83. The van der Waals surface area contributed by atoms with Gasteiger partial charge in [0, 0.05) is 38.8 Å². The van der Waals surface area contributed by atoms with Crippen LogP contribution in [0.5, 0.6) is 0 Å². The van der Waals surface area contributed by atoms with Crippen LogP contribution in [0.3, 0.4) is 0 Å². The Kier molecular flexibility index (Phi) is 5.58. The van der Waals surface area contributed by atoms with Gasteiger partial charge in [-0.15, -0.1) is 0 Å². The Labute approximate surface area is 123 Å². The predicted molar refractivity (Wildman–Crippen MR) is 86.0 cm³/mol. The van der Waals surface area contributed by atoms with Crippen LogP contribution < -0.4 is 5.73 Å². The lowest BCUT2D eigenvalue weighted by Gasteiger charge is -2.34. The maximum absolute atomic E-state index is 6.37. The lowest BCUT2D eigenvalue weighted by atomic mass is 9.99. The normalized spacial score (nSPS) is 19.2.